The fourth-order valence-electron chi connectivity index (χ4n) is 2.09. The quantitative estimate of drug-likeness (QED) is 0.732. The van der Waals surface area contributed by atoms with Crippen molar-refractivity contribution in [3.8, 4) is 0 Å². The number of rotatable bonds is 1. The van der Waals surface area contributed by atoms with Crippen LogP contribution in [-0.2, 0) is 0 Å². The van der Waals surface area contributed by atoms with Gasteiger partial charge in [-0.2, -0.15) is 0 Å². The molecule has 0 N–H and O–H groups in total. The van der Waals surface area contributed by atoms with Gasteiger partial charge in [-0.15, -0.1) is 22.9 Å². The van der Waals surface area contributed by atoms with Crippen LogP contribution in [0.25, 0.3) is 10.2 Å². The fourth-order valence-corrected chi connectivity index (χ4v) is 3.01. The van der Waals surface area contributed by atoms with Crippen LogP contribution in [0, 0.1) is 0 Å². The van der Waals surface area contributed by atoms with E-state index in [2.05, 4.69) is 26.3 Å². The third kappa shape index (κ3) is 1.76. The summed E-state index contributed by atoms with van der Waals surface area (Å²) in [7, 11) is 0. The molecule has 2 aromatic rings. The molecule has 1 saturated heterocycles. The van der Waals surface area contributed by atoms with E-state index in [0.29, 0.717) is 5.38 Å². The minimum atomic E-state index is 0.330. The lowest BCUT2D eigenvalue weighted by molar-refractivity contribution is 0.581. The van der Waals surface area contributed by atoms with Crippen molar-refractivity contribution in [2.24, 2.45) is 0 Å². The van der Waals surface area contributed by atoms with Crippen LogP contribution in [0.5, 0.6) is 0 Å². The van der Waals surface area contributed by atoms with Gasteiger partial charge >= 0.3 is 0 Å². The monoisotopic (exact) mass is 253 g/mol. The third-order valence-corrected chi connectivity index (χ3v) is 4.22. The number of thiophene rings is 1. The van der Waals surface area contributed by atoms with E-state index in [9.17, 15) is 0 Å². The van der Waals surface area contributed by atoms with E-state index in [1.165, 1.54) is 5.39 Å². The maximum Gasteiger partial charge on any atom is 0.140 e. The van der Waals surface area contributed by atoms with E-state index < -0.39 is 0 Å². The molecule has 3 nitrogen and oxygen atoms in total. The van der Waals surface area contributed by atoms with Crippen molar-refractivity contribution in [1.82, 2.24) is 9.97 Å². The van der Waals surface area contributed by atoms with Gasteiger partial charge in [-0.1, -0.05) is 0 Å². The second-order valence-corrected chi connectivity index (χ2v) is 5.51. The van der Waals surface area contributed by atoms with Gasteiger partial charge in [0.05, 0.1) is 5.39 Å². The molecule has 0 amide bonds. The molecular formula is C11H12ClN3S. The summed E-state index contributed by atoms with van der Waals surface area (Å²) in [6.07, 6.45) is 3.73. The number of nitrogens with zero attached hydrogens (tertiary/aromatic N) is 3. The summed E-state index contributed by atoms with van der Waals surface area (Å²) in [5.74, 6) is 1.06. The smallest absolute Gasteiger partial charge is 0.140 e. The van der Waals surface area contributed by atoms with Crippen LogP contribution in [0.3, 0.4) is 0 Å². The summed E-state index contributed by atoms with van der Waals surface area (Å²) in [5, 5.41) is 3.56. The zero-order valence-corrected chi connectivity index (χ0v) is 10.3. The first-order chi connectivity index (χ1) is 7.84. The number of alkyl halides is 1. The number of halogens is 1. The molecule has 0 unspecified atom stereocenters. The summed E-state index contributed by atoms with van der Waals surface area (Å²) in [6, 6.07) is 2.10. The first-order valence-corrected chi connectivity index (χ1v) is 6.73. The first-order valence-electron chi connectivity index (χ1n) is 5.42. The molecular weight excluding hydrogens is 242 g/mol. The predicted octanol–water partition coefficient (Wildman–Crippen LogP) is 2.90. The molecule has 5 heteroatoms. The van der Waals surface area contributed by atoms with Crippen molar-refractivity contribution in [1.29, 1.82) is 0 Å². The summed E-state index contributed by atoms with van der Waals surface area (Å²) in [5.41, 5.74) is 0. The molecule has 0 bridgehead atoms. The van der Waals surface area contributed by atoms with Crippen LogP contribution >= 0.6 is 22.9 Å². The van der Waals surface area contributed by atoms with Gasteiger partial charge in [-0.25, -0.2) is 9.97 Å². The zero-order valence-electron chi connectivity index (χ0n) is 8.77. The van der Waals surface area contributed by atoms with Gasteiger partial charge in [0.1, 0.15) is 17.0 Å². The number of anilines is 1. The van der Waals surface area contributed by atoms with E-state index in [1.54, 1.807) is 17.7 Å². The highest BCUT2D eigenvalue weighted by Gasteiger charge is 2.20. The maximum atomic E-state index is 6.11. The normalized spacial score (nSPS) is 18.2. The highest BCUT2D eigenvalue weighted by Crippen LogP contribution is 2.29. The van der Waals surface area contributed by atoms with Crippen LogP contribution in [0.15, 0.2) is 17.8 Å². The highest BCUT2D eigenvalue weighted by atomic mass is 35.5. The van der Waals surface area contributed by atoms with Crippen molar-refractivity contribution in [3.05, 3.63) is 17.8 Å². The Morgan fingerprint density at radius 2 is 2.12 bits per heavy atom. The zero-order chi connectivity index (χ0) is 11.0. The molecule has 0 atom stereocenters. The second kappa shape index (κ2) is 4.18. The van der Waals surface area contributed by atoms with Crippen LogP contribution in [0.4, 0.5) is 5.82 Å². The first kappa shape index (κ1) is 10.3. The van der Waals surface area contributed by atoms with Crippen LogP contribution in [0.1, 0.15) is 12.8 Å². The van der Waals surface area contributed by atoms with Crippen LogP contribution in [-0.4, -0.2) is 28.4 Å². The van der Waals surface area contributed by atoms with E-state index in [0.717, 1.165) is 36.6 Å². The lowest BCUT2D eigenvalue weighted by atomic mass is 10.1. The standard InChI is InChI=1S/C11H12ClN3S/c12-8-1-4-15(5-2-8)10-9-3-6-16-11(9)14-7-13-10/h3,6-8H,1-2,4-5H2. The third-order valence-electron chi connectivity index (χ3n) is 2.96. The molecule has 0 aromatic carbocycles. The Balaban J connectivity index is 1.96. The summed E-state index contributed by atoms with van der Waals surface area (Å²) >= 11 is 7.77. The van der Waals surface area contributed by atoms with E-state index in [-0.39, 0.29) is 0 Å². The molecule has 1 aliphatic rings. The average Bonchev–Trinajstić information content (AvgIpc) is 2.78. The molecule has 0 saturated carbocycles. The van der Waals surface area contributed by atoms with Gasteiger partial charge in [0.2, 0.25) is 0 Å². The molecule has 2 aromatic heterocycles. The molecule has 84 valence electrons. The fraction of sp³-hybridized carbons (Fsp3) is 0.455. The van der Waals surface area contributed by atoms with Crippen LogP contribution < -0.4 is 4.90 Å². The van der Waals surface area contributed by atoms with Gasteiger partial charge in [0.25, 0.3) is 0 Å². The van der Waals surface area contributed by atoms with E-state index in [4.69, 9.17) is 11.6 Å². The second-order valence-electron chi connectivity index (χ2n) is 4.00. The number of aromatic nitrogens is 2. The number of hydrogen-bond acceptors (Lipinski definition) is 4. The largest absolute Gasteiger partial charge is 0.356 e. The van der Waals surface area contributed by atoms with E-state index in [1.807, 2.05) is 0 Å². The minimum absolute atomic E-state index is 0.330. The number of fused-ring (bicyclic) bond motifs is 1. The SMILES string of the molecule is ClC1CCN(c2ncnc3sccc23)CC1. The highest BCUT2D eigenvalue weighted by molar-refractivity contribution is 7.16. The van der Waals surface area contributed by atoms with Gasteiger partial charge in [-0.3, -0.25) is 0 Å². The predicted molar refractivity (Wildman–Crippen MR) is 68.5 cm³/mol. The summed E-state index contributed by atoms with van der Waals surface area (Å²) in [6.45, 7) is 1.99. The van der Waals surface area contributed by atoms with E-state index >= 15 is 0 Å². The Hall–Kier alpha value is -0.870. The lowest BCUT2D eigenvalue weighted by Gasteiger charge is -2.30. The lowest BCUT2D eigenvalue weighted by Crippen LogP contribution is -2.34. The van der Waals surface area contributed by atoms with Crippen molar-refractivity contribution in [3.63, 3.8) is 0 Å². The molecule has 3 rings (SSSR count). The molecule has 0 spiro atoms. The Kier molecular flexibility index (Phi) is 2.69. The minimum Gasteiger partial charge on any atom is -0.356 e. The van der Waals surface area contributed by atoms with Gasteiger partial charge in [-0.05, 0) is 24.3 Å². The molecule has 0 radical (unpaired) electrons. The van der Waals surface area contributed by atoms with Gasteiger partial charge < -0.3 is 4.90 Å². The topological polar surface area (TPSA) is 29.0 Å². The van der Waals surface area contributed by atoms with Gasteiger partial charge in [0, 0.05) is 18.5 Å². The Bertz CT molecular complexity index is 491. The Morgan fingerprint density at radius 3 is 2.94 bits per heavy atom. The van der Waals surface area contributed by atoms with Gasteiger partial charge in [0.15, 0.2) is 0 Å². The average molecular weight is 254 g/mol. The molecule has 16 heavy (non-hydrogen) atoms. The van der Waals surface area contributed by atoms with Crippen molar-refractivity contribution < 1.29 is 0 Å². The molecule has 3 heterocycles. The Labute approximate surface area is 103 Å². The molecule has 1 aliphatic heterocycles. The van der Waals surface area contributed by atoms with Crippen molar-refractivity contribution in [2.45, 2.75) is 18.2 Å². The maximum absolute atomic E-state index is 6.11. The molecule has 1 fully saturated rings. The molecule has 0 aliphatic carbocycles. The van der Waals surface area contributed by atoms with Crippen LogP contribution in [0.2, 0.25) is 0 Å². The summed E-state index contributed by atoms with van der Waals surface area (Å²) in [4.78, 5) is 12.1. The number of hydrogen-bond donors (Lipinski definition) is 0. The summed E-state index contributed by atoms with van der Waals surface area (Å²) < 4.78 is 0. The number of piperidine rings is 1. The van der Waals surface area contributed by atoms with Crippen molar-refractivity contribution in [2.75, 3.05) is 18.0 Å². The van der Waals surface area contributed by atoms with Crippen molar-refractivity contribution >= 4 is 39.0 Å². The Morgan fingerprint density at radius 1 is 1.31 bits per heavy atom.